The summed E-state index contributed by atoms with van der Waals surface area (Å²) in [4.78, 5) is 0.166. The van der Waals surface area contributed by atoms with E-state index in [0.29, 0.717) is 5.56 Å². The summed E-state index contributed by atoms with van der Waals surface area (Å²) in [5.74, 6) is -0.414. The fourth-order valence-corrected chi connectivity index (χ4v) is 3.67. The van der Waals surface area contributed by atoms with Crippen molar-refractivity contribution in [2.45, 2.75) is 24.8 Å². The highest BCUT2D eigenvalue weighted by atomic mass is 79.9. The van der Waals surface area contributed by atoms with Crippen LogP contribution in [0.1, 0.15) is 24.1 Å². The van der Waals surface area contributed by atoms with Gasteiger partial charge in [-0.25, -0.2) is 17.5 Å². The lowest BCUT2D eigenvalue weighted by atomic mass is 10.1. The molecule has 2 aromatic carbocycles. The number of ether oxygens (including phenoxy) is 1. The van der Waals surface area contributed by atoms with Crippen molar-refractivity contribution in [2.75, 3.05) is 7.11 Å². The third-order valence-corrected chi connectivity index (χ3v) is 5.88. The summed E-state index contributed by atoms with van der Waals surface area (Å²) in [7, 11) is -2.32. The van der Waals surface area contributed by atoms with E-state index in [1.807, 2.05) is 6.92 Å². The van der Waals surface area contributed by atoms with Gasteiger partial charge in [-0.05, 0) is 55.3 Å². The van der Waals surface area contributed by atoms with Gasteiger partial charge in [0.25, 0.3) is 0 Å². The maximum Gasteiger partial charge on any atom is 0.241 e. The molecule has 0 aliphatic heterocycles. The Hall–Kier alpha value is -1.44. The normalized spacial score (nSPS) is 12.9. The van der Waals surface area contributed by atoms with Crippen LogP contribution >= 0.6 is 15.9 Å². The maximum atomic E-state index is 13.8. The maximum absolute atomic E-state index is 13.8. The second kappa shape index (κ2) is 6.98. The molecule has 0 heterocycles. The quantitative estimate of drug-likeness (QED) is 0.824. The number of rotatable bonds is 5. The molecule has 0 spiro atoms. The van der Waals surface area contributed by atoms with Crippen LogP contribution < -0.4 is 9.46 Å². The molecular weight excluding hydrogens is 385 g/mol. The summed E-state index contributed by atoms with van der Waals surface area (Å²) in [6.07, 6.45) is 0. The smallest absolute Gasteiger partial charge is 0.241 e. The summed E-state index contributed by atoms with van der Waals surface area (Å²) in [6, 6.07) is 8.56. The largest absolute Gasteiger partial charge is 0.494 e. The summed E-state index contributed by atoms with van der Waals surface area (Å²) in [6.45, 7) is 3.47. The van der Waals surface area contributed by atoms with E-state index in [0.717, 1.165) is 10.0 Å². The number of benzene rings is 2. The Balaban J connectivity index is 2.25. The first-order chi connectivity index (χ1) is 10.7. The molecule has 1 atom stereocenters. The van der Waals surface area contributed by atoms with E-state index in [1.54, 1.807) is 25.1 Å². The molecule has 2 aromatic rings. The van der Waals surface area contributed by atoms with Crippen molar-refractivity contribution >= 4 is 26.0 Å². The predicted molar refractivity (Wildman–Crippen MR) is 90.6 cm³/mol. The van der Waals surface area contributed by atoms with Crippen LogP contribution in [0.5, 0.6) is 5.75 Å². The molecule has 124 valence electrons. The van der Waals surface area contributed by atoms with Gasteiger partial charge in [-0.1, -0.05) is 22.0 Å². The second-order valence-electron chi connectivity index (χ2n) is 5.15. The molecule has 0 aliphatic rings. The molecule has 0 saturated heterocycles. The van der Waals surface area contributed by atoms with Crippen LogP contribution in [0.15, 0.2) is 45.8 Å². The van der Waals surface area contributed by atoms with Crippen LogP contribution in [0.3, 0.4) is 0 Å². The highest BCUT2D eigenvalue weighted by Crippen LogP contribution is 2.24. The number of halogens is 2. The second-order valence-corrected chi connectivity index (χ2v) is 7.72. The average Bonchev–Trinajstić information content (AvgIpc) is 2.49. The minimum Gasteiger partial charge on any atom is -0.494 e. The molecule has 0 radical (unpaired) electrons. The van der Waals surface area contributed by atoms with Crippen LogP contribution in [-0.4, -0.2) is 15.5 Å². The van der Waals surface area contributed by atoms with Crippen molar-refractivity contribution in [2.24, 2.45) is 0 Å². The standard InChI is InChI=1S/C16H17BrFNO3S/c1-10-8-13(5-6-14(10)17)23(20,21)19-11(2)12-4-7-16(22-3)15(18)9-12/h4-9,11,19H,1-3H3/t11-/m1/s1. The number of hydrogen-bond donors (Lipinski definition) is 1. The van der Waals surface area contributed by atoms with Crippen LogP contribution in [0.2, 0.25) is 0 Å². The van der Waals surface area contributed by atoms with Crippen molar-refractivity contribution < 1.29 is 17.5 Å². The van der Waals surface area contributed by atoms with Crippen LogP contribution in [0.4, 0.5) is 4.39 Å². The number of methoxy groups -OCH3 is 1. The van der Waals surface area contributed by atoms with E-state index < -0.39 is 21.9 Å². The SMILES string of the molecule is COc1ccc([C@@H](C)NS(=O)(=O)c2ccc(Br)c(C)c2)cc1F. The number of nitrogens with one attached hydrogen (secondary N) is 1. The Labute approximate surface area is 143 Å². The third-order valence-electron chi connectivity index (χ3n) is 3.45. The van der Waals surface area contributed by atoms with Crippen molar-refractivity contribution in [3.05, 3.63) is 57.8 Å². The first-order valence-corrected chi connectivity index (χ1v) is 9.14. The minimum absolute atomic E-state index is 0.118. The third kappa shape index (κ3) is 4.10. The molecule has 0 saturated carbocycles. The molecule has 0 amide bonds. The van der Waals surface area contributed by atoms with Gasteiger partial charge in [-0.15, -0.1) is 0 Å². The average molecular weight is 402 g/mol. The van der Waals surface area contributed by atoms with E-state index in [9.17, 15) is 12.8 Å². The Morgan fingerprint density at radius 1 is 1.22 bits per heavy atom. The molecule has 2 rings (SSSR count). The fraction of sp³-hybridized carbons (Fsp3) is 0.250. The van der Waals surface area contributed by atoms with Gasteiger partial charge in [0.2, 0.25) is 10.0 Å². The van der Waals surface area contributed by atoms with Gasteiger partial charge in [-0.2, -0.15) is 0 Å². The Morgan fingerprint density at radius 2 is 1.91 bits per heavy atom. The van der Waals surface area contributed by atoms with Gasteiger partial charge in [0.15, 0.2) is 11.6 Å². The lowest BCUT2D eigenvalue weighted by Gasteiger charge is -2.16. The zero-order chi connectivity index (χ0) is 17.2. The summed E-state index contributed by atoms with van der Waals surface area (Å²) < 4.78 is 46.9. The van der Waals surface area contributed by atoms with Crippen LogP contribution in [-0.2, 0) is 10.0 Å². The van der Waals surface area contributed by atoms with Crippen LogP contribution in [0.25, 0.3) is 0 Å². The van der Waals surface area contributed by atoms with Crippen molar-refractivity contribution in [1.82, 2.24) is 4.72 Å². The highest BCUT2D eigenvalue weighted by Gasteiger charge is 2.19. The Bertz CT molecular complexity index is 824. The molecule has 7 heteroatoms. The van der Waals surface area contributed by atoms with Gasteiger partial charge < -0.3 is 4.74 Å². The molecular formula is C16H17BrFNO3S. The van der Waals surface area contributed by atoms with E-state index in [2.05, 4.69) is 20.7 Å². The van der Waals surface area contributed by atoms with Gasteiger partial charge >= 0.3 is 0 Å². The Morgan fingerprint density at radius 3 is 2.48 bits per heavy atom. The van der Waals surface area contributed by atoms with E-state index >= 15 is 0 Å². The number of sulfonamides is 1. The monoisotopic (exact) mass is 401 g/mol. The number of aryl methyl sites for hydroxylation is 1. The van der Waals surface area contributed by atoms with Crippen molar-refractivity contribution in [1.29, 1.82) is 0 Å². The molecule has 23 heavy (non-hydrogen) atoms. The molecule has 0 unspecified atom stereocenters. The predicted octanol–water partition coefficient (Wildman–Crippen LogP) is 3.94. The summed E-state index contributed by atoms with van der Waals surface area (Å²) >= 11 is 3.34. The Kier molecular flexibility index (Phi) is 5.44. The molecule has 4 nitrogen and oxygen atoms in total. The first kappa shape index (κ1) is 17.9. The fourth-order valence-electron chi connectivity index (χ4n) is 2.11. The molecule has 0 aromatic heterocycles. The van der Waals surface area contributed by atoms with Crippen molar-refractivity contribution in [3.63, 3.8) is 0 Å². The lowest BCUT2D eigenvalue weighted by Crippen LogP contribution is -2.27. The molecule has 0 aliphatic carbocycles. The highest BCUT2D eigenvalue weighted by molar-refractivity contribution is 9.10. The van der Waals surface area contributed by atoms with E-state index in [1.165, 1.54) is 25.3 Å². The summed E-state index contributed by atoms with van der Waals surface area (Å²) in [5.41, 5.74) is 1.33. The first-order valence-electron chi connectivity index (χ1n) is 6.86. The van der Waals surface area contributed by atoms with Gasteiger partial charge in [0.05, 0.1) is 12.0 Å². The van der Waals surface area contributed by atoms with Gasteiger partial charge in [-0.3, -0.25) is 0 Å². The minimum atomic E-state index is -3.70. The molecule has 1 N–H and O–H groups in total. The summed E-state index contributed by atoms with van der Waals surface area (Å²) in [5, 5.41) is 0. The van der Waals surface area contributed by atoms with Crippen molar-refractivity contribution in [3.8, 4) is 5.75 Å². The van der Waals surface area contributed by atoms with E-state index in [-0.39, 0.29) is 10.6 Å². The zero-order valence-electron chi connectivity index (χ0n) is 12.9. The zero-order valence-corrected chi connectivity index (χ0v) is 15.3. The van der Waals surface area contributed by atoms with E-state index in [4.69, 9.17) is 4.74 Å². The van der Waals surface area contributed by atoms with Gasteiger partial charge in [0.1, 0.15) is 0 Å². The topological polar surface area (TPSA) is 55.4 Å². The van der Waals surface area contributed by atoms with Gasteiger partial charge in [0, 0.05) is 10.5 Å². The number of hydrogen-bond acceptors (Lipinski definition) is 3. The molecule has 0 bridgehead atoms. The molecule has 0 fully saturated rings. The van der Waals surface area contributed by atoms with Crippen LogP contribution in [0, 0.1) is 12.7 Å². The lowest BCUT2D eigenvalue weighted by molar-refractivity contribution is 0.386.